The van der Waals surface area contributed by atoms with Crippen LogP contribution in [0.5, 0.6) is 5.75 Å². The Morgan fingerprint density at radius 1 is 1.00 bits per heavy atom. The molecular weight excluding hydrogens is 192 g/mol. The summed E-state index contributed by atoms with van der Waals surface area (Å²) >= 11 is 4.53. The number of rotatable bonds is 2. The van der Waals surface area contributed by atoms with Crippen LogP contribution in [0.1, 0.15) is 50.7 Å². The maximum atomic E-state index is 9.58. The Kier molecular flexibility index (Phi) is 3.48. The van der Waals surface area contributed by atoms with E-state index in [2.05, 4.69) is 40.3 Å². The van der Waals surface area contributed by atoms with Crippen LogP contribution in [-0.2, 0) is 0 Å². The Morgan fingerprint density at radius 3 is 1.64 bits per heavy atom. The zero-order valence-corrected chi connectivity index (χ0v) is 10.1. The van der Waals surface area contributed by atoms with Gasteiger partial charge in [0, 0.05) is 4.90 Å². The third kappa shape index (κ3) is 2.24. The topological polar surface area (TPSA) is 20.2 Å². The second-order valence-corrected chi connectivity index (χ2v) is 4.73. The van der Waals surface area contributed by atoms with E-state index in [1.807, 2.05) is 0 Å². The van der Waals surface area contributed by atoms with Crippen molar-refractivity contribution in [2.24, 2.45) is 0 Å². The van der Waals surface area contributed by atoms with Gasteiger partial charge in [0.15, 0.2) is 0 Å². The van der Waals surface area contributed by atoms with E-state index in [0.717, 1.165) is 16.0 Å². The fourth-order valence-electron chi connectivity index (χ4n) is 1.54. The maximum absolute atomic E-state index is 9.58. The lowest BCUT2D eigenvalue weighted by Gasteiger charge is -2.16. The molecule has 0 aliphatic heterocycles. The molecule has 0 saturated carbocycles. The molecular formula is C12H18OS. The van der Waals surface area contributed by atoms with Crippen LogP contribution in [-0.4, -0.2) is 5.11 Å². The molecule has 2 heteroatoms. The van der Waals surface area contributed by atoms with Crippen LogP contribution >= 0.6 is 12.6 Å². The fourth-order valence-corrected chi connectivity index (χ4v) is 2.19. The highest BCUT2D eigenvalue weighted by molar-refractivity contribution is 7.80. The SMILES string of the molecule is CC(C)c1cc(O)cc(C(C)C)c1S. The van der Waals surface area contributed by atoms with Crippen molar-refractivity contribution in [3.05, 3.63) is 23.3 Å². The molecule has 0 radical (unpaired) electrons. The molecule has 0 spiro atoms. The Labute approximate surface area is 91.6 Å². The van der Waals surface area contributed by atoms with Gasteiger partial charge in [-0.3, -0.25) is 0 Å². The summed E-state index contributed by atoms with van der Waals surface area (Å²) in [6.07, 6.45) is 0. The van der Waals surface area contributed by atoms with Gasteiger partial charge in [-0.15, -0.1) is 12.6 Å². The van der Waals surface area contributed by atoms with Crippen molar-refractivity contribution < 1.29 is 5.11 Å². The van der Waals surface area contributed by atoms with E-state index in [1.165, 1.54) is 0 Å². The minimum Gasteiger partial charge on any atom is -0.508 e. The van der Waals surface area contributed by atoms with Gasteiger partial charge in [-0.05, 0) is 35.1 Å². The molecule has 0 saturated heterocycles. The van der Waals surface area contributed by atoms with Gasteiger partial charge in [0.2, 0.25) is 0 Å². The van der Waals surface area contributed by atoms with Gasteiger partial charge in [-0.1, -0.05) is 27.7 Å². The minimum absolute atomic E-state index is 0.343. The lowest BCUT2D eigenvalue weighted by atomic mass is 9.95. The minimum atomic E-state index is 0.343. The predicted molar refractivity (Wildman–Crippen MR) is 63.5 cm³/mol. The van der Waals surface area contributed by atoms with Crippen molar-refractivity contribution in [3.63, 3.8) is 0 Å². The van der Waals surface area contributed by atoms with Gasteiger partial charge in [0.1, 0.15) is 5.75 Å². The lowest BCUT2D eigenvalue weighted by Crippen LogP contribution is -1.96. The smallest absolute Gasteiger partial charge is 0.116 e. The molecule has 1 aromatic carbocycles. The first kappa shape index (κ1) is 11.4. The van der Waals surface area contributed by atoms with Crippen LogP contribution in [0, 0.1) is 0 Å². The van der Waals surface area contributed by atoms with Crippen molar-refractivity contribution in [3.8, 4) is 5.75 Å². The van der Waals surface area contributed by atoms with Crippen LogP contribution in [0.4, 0.5) is 0 Å². The Morgan fingerprint density at radius 2 is 1.36 bits per heavy atom. The number of aromatic hydroxyl groups is 1. The largest absolute Gasteiger partial charge is 0.508 e. The molecule has 0 atom stereocenters. The molecule has 0 amide bonds. The molecule has 1 nitrogen and oxygen atoms in total. The monoisotopic (exact) mass is 210 g/mol. The molecule has 0 unspecified atom stereocenters. The summed E-state index contributed by atoms with van der Waals surface area (Å²) < 4.78 is 0. The Hall–Kier alpha value is -0.630. The van der Waals surface area contributed by atoms with E-state index in [-0.39, 0.29) is 0 Å². The van der Waals surface area contributed by atoms with Crippen LogP contribution in [0.2, 0.25) is 0 Å². The molecule has 0 heterocycles. The Balaban J connectivity index is 3.32. The molecule has 14 heavy (non-hydrogen) atoms. The highest BCUT2D eigenvalue weighted by Crippen LogP contribution is 2.33. The number of hydrogen-bond acceptors (Lipinski definition) is 2. The molecule has 1 rings (SSSR count). The van der Waals surface area contributed by atoms with Gasteiger partial charge in [-0.2, -0.15) is 0 Å². The van der Waals surface area contributed by atoms with Crippen molar-refractivity contribution in [2.75, 3.05) is 0 Å². The van der Waals surface area contributed by atoms with E-state index < -0.39 is 0 Å². The van der Waals surface area contributed by atoms with Gasteiger partial charge >= 0.3 is 0 Å². The molecule has 0 bridgehead atoms. The molecule has 78 valence electrons. The highest BCUT2D eigenvalue weighted by Gasteiger charge is 2.12. The molecule has 0 aliphatic rings. The van der Waals surface area contributed by atoms with Gasteiger partial charge < -0.3 is 5.11 Å². The van der Waals surface area contributed by atoms with E-state index in [4.69, 9.17) is 0 Å². The lowest BCUT2D eigenvalue weighted by molar-refractivity contribution is 0.471. The van der Waals surface area contributed by atoms with Crippen LogP contribution in [0.3, 0.4) is 0 Å². The van der Waals surface area contributed by atoms with Gasteiger partial charge in [0.05, 0.1) is 0 Å². The number of phenols is 1. The number of benzene rings is 1. The van der Waals surface area contributed by atoms with Crippen LogP contribution in [0.25, 0.3) is 0 Å². The molecule has 1 aromatic rings. The summed E-state index contributed by atoms with van der Waals surface area (Å²) in [5.74, 6) is 1.13. The molecule has 1 N–H and O–H groups in total. The molecule has 0 fully saturated rings. The first-order valence-corrected chi connectivity index (χ1v) is 5.44. The number of thiol groups is 1. The van der Waals surface area contributed by atoms with E-state index >= 15 is 0 Å². The quantitative estimate of drug-likeness (QED) is 0.709. The summed E-state index contributed by atoms with van der Waals surface area (Å²) in [5, 5.41) is 9.58. The van der Waals surface area contributed by atoms with Crippen molar-refractivity contribution >= 4 is 12.6 Å². The van der Waals surface area contributed by atoms with Crippen molar-refractivity contribution in [1.82, 2.24) is 0 Å². The summed E-state index contributed by atoms with van der Waals surface area (Å²) in [4.78, 5) is 1.02. The average Bonchev–Trinajstić information content (AvgIpc) is 2.07. The van der Waals surface area contributed by atoms with Crippen LogP contribution in [0.15, 0.2) is 17.0 Å². The Bertz CT molecular complexity index is 300. The van der Waals surface area contributed by atoms with Crippen LogP contribution < -0.4 is 0 Å². The van der Waals surface area contributed by atoms with Crippen molar-refractivity contribution in [2.45, 2.75) is 44.4 Å². The summed E-state index contributed by atoms with van der Waals surface area (Å²) in [5.41, 5.74) is 2.24. The molecule has 0 aromatic heterocycles. The second kappa shape index (κ2) is 4.26. The third-order valence-electron chi connectivity index (χ3n) is 2.40. The normalized spacial score (nSPS) is 11.4. The van der Waals surface area contributed by atoms with Gasteiger partial charge in [0.25, 0.3) is 0 Å². The summed E-state index contributed by atoms with van der Waals surface area (Å²) in [6.45, 7) is 8.44. The van der Waals surface area contributed by atoms with E-state index in [0.29, 0.717) is 17.6 Å². The zero-order chi connectivity index (χ0) is 10.9. The fraction of sp³-hybridized carbons (Fsp3) is 0.500. The zero-order valence-electron chi connectivity index (χ0n) is 9.20. The highest BCUT2D eigenvalue weighted by atomic mass is 32.1. The van der Waals surface area contributed by atoms with Gasteiger partial charge in [-0.25, -0.2) is 0 Å². The van der Waals surface area contributed by atoms with Crippen molar-refractivity contribution in [1.29, 1.82) is 0 Å². The predicted octanol–water partition coefficient (Wildman–Crippen LogP) is 3.93. The molecule has 0 aliphatic carbocycles. The number of hydrogen-bond donors (Lipinski definition) is 2. The summed E-state index contributed by atoms with van der Waals surface area (Å²) in [7, 11) is 0. The van der Waals surface area contributed by atoms with E-state index in [1.54, 1.807) is 12.1 Å². The first-order valence-electron chi connectivity index (χ1n) is 4.99. The van der Waals surface area contributed by atoms with E-state index in [9.17, 15) is 5.11 Å². The third-order valence-corrected chi connectivity index (χ3v) is 2.91. The standard InChI is InChI=1S/C12H18OS/c1-7(2)10-5-9(13)6-11(8(3)4)12(10)14/h5-8,13-14H,1-4H3. The first-order chi connectivity index (χ1) is 6.43. The maximum Gasteiger partial charge on any atom is 0.116 e. The summed E-state index contributed by atoms with van der Waals surface area (Å²) in [6, 6.07) is 3.61. The average molecular weight is 210 g/mol. The number of phenolic OH excluding ortho intramolecular Hbond substituents is 1. The second-order valence-electron chi connectivity index (χ2n) is 4.28.